The molecule has 0 amide bonds. The van der Waals surface area contributed by atoms with Crippen LogP contribution in [0.15, 0.2) is 35.3 Å². The molecule has 0 aliphatic heterocycles. The Kier molecular flexibility index (Phi) is 2.81. The predicted octanol–water partition coefficient (Wildman–Crippen LogP) is 2.16. The average molecular weight is 218 g/mol. The summed E-state index contributed by atoms with van der Waals surface area (Å²) in [5.74, 6) is 0.830. The number of hydrogen-bond donors (Lipinski definition) is 2. The lowest BCUT2D eigenvalue weighted by atomic mass is 10.2. The first kappa shape index (κ1) is 10.5. The summed E-state index contributed by atoms with van der Waals surface area (Å²) >= 11 is 0. The van der Waals surface area contributed by atoms with E-state index < -0.39 is 0 Å². The van der Waals surface area contributed by atoms with Crippen molar-refractivity contribution >= 4 is 0 Å². The first-order valence-electron chi connectivity index (χ1n) is 5.20. The van der Waals surface area contributed by atoms with E-state index in [1.165, 1.54) is 0 Å². The van der Waals surface area contributed by atoms with E-state index in [4.69, 9.17) is 4.74 Å². The molecule has 4 nitrogen and oxygen atoms in total. The Balaban J connectivity index is 2.22. The minimum Gasteiger partial charge on any atom is -0.491 e. The Labute approximate surface area is 93.3 Å². The van der Waals surface area contributed by atoms with E-state index in [9.17, 15) is 4.79 Å². The van der Waals surface area contributed by atoms with E-state index in [0.29, 0.717) is 0 Å². The third kappa shape index (κ3) is 2.34. The fraction of sp³-hybridized carbons (Fsp3) is 0.250. The molecule has 16 heavy (non-hydrogen) atoms. The molecule has 0 unspecified atom stereocenters. The summed E-state index contributed by atoms with van der Waals surface area (Å²) in [6, 6.07) is 7.61. The van der Waals surface area contributed by atoms with E-state index in [-0.39, 0.29) is 11.8 Å². The van der Waals surface area contributed by atoms with Crippen LogP contribution in [0.5, 0.6) is 5.75 Å². The monoisotopic (exact) mass is 218 g/mol. The molecule has 1 aromatic carbocycles. The molecular formula is C12H14N2O2. The molecule has 0 bridgehead atoms. The minimum atomic E-state index is -0.197. The zero-order valence-corrected chi connectivity index (χ0v) is 9.28. The van der Waals surface area contributed by atoms with Gasteiger partial charge in [-0.25, -0.2) is 4.79 Å². The molecule has 0 saturated carbocycles. The summed E-state index contributed by atoms with van der Waals surface area (Å²) in [7, 11) is 0. The maximum atomic E-state index is 10.9. The van der Waals surface area contributed by atoms with Crippen LogP contribution in [-0.2, 0) is 0 Å². The SMILES string of the molecule is CC(C)Oc1ccc(-c2c[nH]c(=O)[nH]2)cc1. The van der Waals surface area contributed by atoms with Gasteiger partial charge in [-0.1, -0.05) is 0 Å². The van der Waals surface area contributed by atoms with Crippen LogP contribution >= 0.6 is 0 Å². The summed E-state index contributed by atoms with van der Waals surface area (Å²) in [4.78, 5) is 16.2. The summed E-state index contributed by atoms with van der Waals surface area (Å²) < 4.78 is 5.53. The van der Waals surface area contributed by atoms with Gasteiger partial charge in [-0.2, -0.15) is 0 Å². The molecule has 0 spiro atoms. The fourth-order valence-electron chi connectivity index (χ4n) is 1.47. The second-order valence-corrected chi connectivity index (χ2v) is 3.85. The van der Waals surface area contributed by atoms with Gasteiger partial charge >= 0.3 is 5.69 Å². The van der Waals surface area contributed by atoms with E-state index in [2.05, 4.69) is 9.97 Å². The topological polar surface area (TPSA) is 57.9 Å². The maximum Gasteiger partial charge on any atom is 0.323 e. The van der Waals surface area contributed by atoms with Crippen molar-refractivity contribution in [3.63, 3.8) is 0 Å². The van der Waals surface area contributed by atoms with Crippen LogP contribution in [0.2, 0.25) is 0 Å². The highest BCUT2D eigenvalue weighted by molar-refractivity contribution is 5.58. The molecule has 2 N–H and O–H groups in total. The highest BCUT2D eigenvalue weighted by atomic mass is 16.5. The molecule has 1 aromatic heterocycles. The lowest BCUT2D eigenvalue weighted by Gasteiger charge is -2.09. The van der Waals surface area contributed by atoms with Crippen molar-refractivity contribution < 1.29 is 4.74 Å². The minimum absolute atomic E-state index is 0.165. The molecule has 0 aliphatic rings. The smallest absolute Gasteiger partial charge is 0.323 e. The molecule has 0 radical (unpaired) electrons. The van der Waals surface area contributed by atoms with Crippen molar-refractivity contribution in [1.29, 1.82) is 0 Å². The summed E-state index contributed by atoms with van der Waals surface area (Å²) in [6.07, 6.45) is 1.82. The molecule has 4 heteroatoms. The second-order valence-electron chi connectivity index (χ2n) is 3.85. The average Bonchev–Trinajstić information content (AvgIpc) is 2.65. The van der Waals surface area contributed by atoms with Crippen molar-refractivity contribution in [3.8, 4) is 17.0 Å². The molecule has 0 aliphatic carbocycles. The molecular weight excluding hydrogens is 204 g/mol. The van der Waals surface area contributed by atoms with Crippen molar-refractivity contribution in [3.05, 3.63) is 40.9 Å². The zero-order chi connectivity index (χ0) is 11.5. The van der Waals surface area contributed by atoms with Crippen molar-refractivity contribution in [2.75, 3.05) is 0 Å². The Morgan fingerprint density at radius 2 is 1.88 bits per heavy atom. The molecule has 2 rings (SSSR count). The van der Waals surface area contributed by atoms with Gasteiger partial charge in [0.2, 0.25) is 0 Å². The molecule has 1 heterocycles. The van der Waals surface area contributed by atoms with Gasteiger partial charge in [0, 0.05) is 6.20 Å². The lowest BCUT2D eigenvalue weighted by Crippen LogP contribution is -2.05. The van der Waals surface area contributed by atoms with Crippen LogP contribution in [-0.4, -0.2) is 16.1 Å². The van der Waals surface area contributed by atoms with Gasteiger partial charge in [0.1, 0.15) is 5.75 Å². The largest absolute Gasteiger partial charge is 0.491 e. The highest BCUT2D eigenvalue weighted by Crippen LogP contribution is 2.20. The number of aromatic nitrogens is 2. The Morgan fingerprint density at radius 1 is 1.19 bits per heavy atom. The number of benzene rings is 1. The third-order valence-corrected chi connectivity index (χ3v) is 2.13. The Bertz CT molecular complexity index is 508. The number of ether oxygens (including phenoxy) is 1. The van der Waals surface area contributed by atoms with Gasteiger partial charge in [0.15, 0.2) is 0 Å². The van der Waals surface area contributed by atoms with Crippen LogP contribution in [0.25, 0.3) is 11.3 Å². The van der Waals surface area contributed by atoms with Gasteiger partial charge in [0.25, 0.3) is 0 Å². The number of hydrogen-bond acceptors (Lipinski definition) is 2. The third-order valence-electron chi connectivity index (χ3n) is 2.13. The van der Waals surface area contributed by atoms with Crippen LogP contribution < -0.4 is 10.4 Å². The van der Waals surface area contributed by atoms with Crippen LogP contribution in [0.1, 0.15) is 13.8 Å². The fourth-order valence-corrected chi connectivity index (χ4v) is 1.47. The van der Waals surface area contributed by atoms with Crippen LogP contribution in [0, 0.1) is 0 Å². The van der Waals surface area contributed by atoms with Crippen LogP contribution in [0.4, 0.5) is 0 Å². The highest BCUT2D eigenvalue weighted by Gasteiger charge is 2.01. The molecule has 0 atom stereocenters. The quantitative estimate of drug-likeness (QED) is 0.829. The van der Waals surface area contributed by atoms with E-state index >= 15 is 0 Å². The summed E-state index contributed by atoms with van der Waals surface area (Å²) in [5, 5.41) is 0. The van der Waals surface area contributed by atoms with E-state index in [1.807, 2.05) is 38.1 Å². The number of imidazole rings is 1. The summed E-state index contributed by atoms with van der Waals surface area (Å²) in [5.41, 5.74) is 1.54. The number of aromatic amines is 2. The van der Waals surface area contributed by atoms with Crippen molar-refractivity contribution in [2.45, 2.75) is 20.0 Å². The Hall–Kier alpha value is -1.97. The second kappa shape index (κ2) is 4.26. The van der Waals surface area contributed by atoms with Crippen molar-refractivity contribution in [2.24, 2.45) is 0 Å². The zero-order valence-electron chi connectivity index (χ0n) is 9.28. The molecule has 0 fully saturated rings. The number of nitrogens with one attached hydrogen (secondary N) is 2. The molecule has 2 aromatic rings. The van der Waals surface area contributed by atoms with Gasteiger partial charge in [-0.05, 0) is 43.7 Å². The summed E-state index contributed by atoms with van der Waals surface area (Å²) in [6.45, 7) is 3.97. The van der Waals surface area contributed by atoms with E-state index in [1.54, 1.807) is 6.20 Å². The normalized spacial score (nSPS) is 10.7. The predicted molar refractivity (Wildman–Crippen MR) is 62.6 cm³/mol. The molecule has 84 valence electrons. The lowest BCUT2D eigenvalue weighted by molar-refractivity contribution is 0.242. The van der Waals surface area contributed by atoms with E-state index in [0.717, 1.165) is 17.0 Å². The van der Waals surface area contributed by atoms with Gasteiger partial charge in [0.05, 0.1) is 11.8 Å². The van der Waals surface area contributed by atoms with Crippen molar-refractivity contribution in [1.82, 2.24) is 9.97 Å². The number of rotatable bonds is 3. The maximum absolute atomic E-state index is 10.9. The number of H-pyrrole nitrogens is 2. The first-order valence-corrected chi connectivity index (χ1v) is 5.20. The first-order chi connectivity index (χ1) is 7.65. The van der Waals surface area contributed by atoms with Gasteiger partial charge in [-0.3, -0.25) is 0 Å². The standard InChI is InChI=1S/C12H14N2O2/c1-8(2)16-10-5-3-9(4-6-10)11-7-13-12(15)14-11/h3-8H,1-2H3,(H2,13,14,15). The Morgan fingerprint density at radius 3 is 2.38 bits per heavy atom. The van der Waals surface area contributed by atoms with Gasteiger partial charge < -0.3 is 14.7 Å². The molecule has 0 saturated heterocycles. The van der Waals surface area contributed by atoms with Gasteiger partial charge in [-0.15, -0.1) is 0 Å². The van der Waals surface area contributed by atoms with Crippen LogP contribution in [0.3, 0.4) is 0 Å².